The molecular formula is C20H23N3O. The van der Waals surface area contributed by atoms with Crippen molar-refractivity contribution in [3.63, 3.8) is 0 Å². The van der Waals surface area contributed by atoms with Crippen molar-refractivity contribution in [3.8, 4) is 6.07 Å². The number of ether oxygens (including phenoxy) is 1. The van der Waals surface area contributed by atoms with Crippen LogP contribution in [0.25, 0.3) is 6.08 Å². The molecule has 0 saturated heterocycles. The third-order valence-electron chi connectivity index (χ3n) is 3.74. The number of anilines is 1. The largest absolute Gasteiger partial charge is 0.497 e. The van der Waals surface area contributed by atoms with Crippen LogP contribution in [0.2, 0.25) is 0 Å². The average molecular weight is 321 g/mol. The van der Waals surface area contributed by atoms with Gasteiger partial charge in [0.05, 0.1) is 18.8 Å². The molecule has 0 unspecified atom stereocenters. The Morgan fingerprint density at radius 3 is 2.62 bits per heavy atom. The van der Waals surface area contributed by atoms with E-state index in [4.69, 9.17) is 4.74 Å². The number of nitrogens with one attached hydrogen (secondary N) is 2. The molecule has 4 heteroatoms. The van der Waals surface area contributed by atoms with Crippen molar-refractivity contribution in [3.05, 3.63) is 70.7 Å². The van der Waals surface area contributed by atoms with E-state index >= 15 is 0 Å². The maximum absolute atomic E-state index is 9.67. The SMILES string of the molecule is CCNC1=CC(OC)=CCC=C1/C(C#N)=C/c1ccc(NC)cc1. The number of benzene rings is 1. The standard InChI is InChI=1S/C20H23N3O/c1-4-23-20-13-18(24-3)6-5-7-19(20)16(14-21)12-15-8-10-17(22-2)11-9-15/h6-13,22-23H,4-5H2,1-3H3/b16-12+. The molecule has 0 saturated carbocycles. The summed E-state index contributed by atoms with van der Waals surface area (Å²) in [7, 11) is 3.54. The van der Waals surface area contributed by atoms with Gasteiger partial charge in [0.2, 0.25) is 0 Å². The van der Waals surface area contributed by atoms with Gasteiger partial charge in [0.25, 0.3) is 0 Å². The summed E-state index contributed by atoms with van der Waals surface area (Å²) in [6, 6.07) is 10.3. The number of likely N-dealkylation sites (N-methyl/N-ethyl adjacent to an activating group) is 1. The first-order valence-electron chi connectivity index (χ1n) is 8.02. The molecule has 0 aliphatic heterocycles. The second-order valence-corrected chi connectivity index (χ2v) is 5.29. The molecule has 0 heterocycles. The molecule has 124 valence electrons. The average Bonchev–Trinajstić information content (AvgIpc) is 2.82. The van der Waals surface area contributed by atoms with Gasteiger partial charge in [-0.05, 0) is 43.2 Å². The van der Waals surface area contributed by atoms with E-state index in [1.165, 1.54) is 0 Å². The number of allylic oxidation sites excluding steroid dienone is 4. The van der Waals surface area contributed by atoms with Crippen LogP contribution in [0.15, 0.2) is 65.1 Å². The molecule has 0 atom stereocenters. The molecule has 0 spiro atoms. The van der Waals surface area contributed by atoms with Gasteiger partial charge in [0.1, 0.15) is 5.76 Å². The molecule has 4 nitrogen and oxygen atoms in total. The number of nitriles is 1. The van der Waals surface area contributed by atoms with Gasteiger partial charge in [-0.2, -0.15) is 5.26 Å². The fourth-order valence-electron chi connectivity index (χ4n) is 2.50. The van der Waals surface area contributed by atoms with Gasteiger partial charge in [0.15, 0.2) is 0 Å². The van der Waals surface area contributed by atoms with Crippen molar-refractivity contribution in [2.45, 2.75) is 13.3 Å². The van der Waals surface area contributed by atoms with Gasteiger partial charge in [-0.25, -0.2) is 0 Å². The summed E-state index contributed by atoms with van der Waals surface area (Å²) in [5.41, 5.74) is 4.47. The quantitative estimate of drug-likeness (QED) is 0.778. The Labute approximate surface area is 143 Å². The maximum atomic E-state index is 9.67. The van der Waals surface area contributed by atoms with Gasteiger partial charge in [-0.15, -0.1) is 0 Å². The summed E-state index contributed by atoms with van der Waals surface area (Å²) < 4.78 is 5.36. The summed E-state index contributed by atoms with van der Waals surface area (Å²) in [6.07, 6.45) is 8.63. The summed E-state index contributed by atoms with van der Waals surface area (Å²) in [5.74, 6) is 0.799. The van der Waals surface area contributed by atoms with E-state index < -0.39 is 0 Å². The summed E-state index contributed by atoms with van der Waals surface area (Å²) >= 11 is 0. The minimum absolute atomic E-state index is 0.630. The fraction of sp³-hybridized carbons (Fsp3) is 0.250. The van der Waals surface area contributed by atoms with Crippen molar-refractivity contribution >= 4 is 11.8 Å². The minimum atomic E-state index is 0.630. The molecule has 0 fully saturated rings. The molecule has 1 aliphatic carbocycles. The van der Waals surface area contributed by atoms with E-state index in [9.17, 15) is 5.26 Å². The van der Waals surface area contributed by atoms with E-state index in [1.54, 1.807) is 7.11 Å². The van der Waals surface area contributed by atoms with Gasteiger partial charge in [0, 0.05) is 36.6 Å². The molecule has 1 aromatic rings. The fourth-order valence-corrected chi connectivity index (χ4v) is 2.50. The minimum Gasteiger partial charge on any atom is -0.497 e. The highest BCUT2D eigenvalue weighted by Gasteiger charge is 2.13. The van der Waals surface area contributed by atoms with Crippen LogP contribution in [0.5, 0.6) is 0 Å². The smallest absolute Gasteiger partial charge is 0.117 e. The molecule has 0 aromatic heterocycles. The van der Waals surface area contributed by atoms with Crippen LogP contribution in [0.1, 0.15) is 18.9 Å². The van der Waals surface area contributed by atoms with Crippen LogP contribution in [0, 0.1) is 11.3 Å². The zero-order valence-electron chi connectivity index (χ0n) is 14.4. The van der Waals surface area contributed by atoms with Crippen LogP contribution in [0.3, 0.4) is 0 Å². The third kappa shape index (κ3) is 4.30. The van der Waals surface area contributed by atoms with E-state index in [-0.39, 0.29) is 0 Å². The lowest BCUT2D eigenvalue weighted by atomic mass is 10.00. The maximum Gasteiger partial charge on any atom is 0.117 e. The molecule has 2 N–H and O–H groups in total. The molecule has 2 rings (SSSR count). The van der Waals surface area contributed by atoms with Gasteiger partial charge in [-0.3, -0.25) is 0 Å². The normalized spacial score (nSPS) is 14.6. The number of nitrogens with zero attached hydrogens (tertiary/aromatic N) is 1. The first-order chi connectivity index (χ1) is 11.7. The molecule has 0 radical (unpaired) electrons. The van der Waals surface area contributed by atoms with Crippen molar-refractivity contribution in [1.82, 2.24) is 5.32 Å². The Bertz CT molecular complexity index is 731. The van der Waals surface area contributed by atoms with Crippen LogP contribution in [-0.2, 0) is 4.74 Å². The monoisotopic (exact) mass is 321 g/mol. The van der Waals surface area contributed by atoms with Crippen molar-refractivity contribution in [2.75, 3.05) is 26.0 Å². The first kappa shape index (κ1) is 17.4. The number of hydrogen-bond donors (Lipinski definition) is 2. The number of methoxy groups -OCH3 is 1. The van der Waals surface area contributed by atoms with Crippen LogP contribution in [-0.4, -0.2) is 20.7 Å². The van der Waals surface area contributed by atoms with Crippen molar-refractivity contribution in [1.29, 1.82) is 5.26 Å². The molecule has 1 aromatic carbocycles. The zero-order chi connectivity index (χ0) is 17.4. The summed E-state index contributed by atoms with van der Waals surface area (Å²) in [4.78, 5) is 0. The predicted molar refractivity (Wildman–Crippen MR) is 99.1 cm³/mol. The molecular weight excluding hydrogens is 298 g/mol. The Kier molecular flexibility index (Phi) is 6.27. The van der Waals surface area contributed by atoms with Crippen molar-refractivity contribution < 1.29 is 4.74 Å². The molecule has 1 aliphatic rings. The Morgan fingerprint density at radius 2 is 2.04 bits per heavy atom. The highest BCUT2D eigenvalue weighted by Crippen LogP contribution is 2.25. The van der Waals surface area contributed by atoms with Crippen LogP contribution < -0.4 is 10.6 Å². The van der Waals surface area contributed by atoms with Gasteiger partial charge >= 0.3 is 0 Å². The van der Waals surface area contributed by atoms with Gasteiger partial charge < -0.3 is 15.4 Å². The number of hydrogen-bond acceptors (Lipinski definition) is 4. The highest BCUT2D eigenvalue weighted by molar-refractivity contribution is 5.69. The van der Waals surface area contributed by atoms with Crippen LogP contribution in [0.4, 0.5) is 5.69 Å². The lowest BCUT2D eigenvalue weighted by molar-refractivity contribution is 0.305. The van der Waals surface area contributed by atoms with E-state index in [0.29, 0.717) is 5.57 Å². The lowest BCUT2D eigenvalue weighted by Gasteiger charge is -2.13. The Balaban J connectivity index is 2.38. The number of rotatable bonds is 6. The zero-order valence-corrected chi connectivity index (χ0v) is 14.4. The topological polar surface area (TPSA) is 57.1 Å². The summed E-state index contributed by atoms with van der Waals surface area (Å²) in [5, 5.41) is 16.1. The van der Waals surface area contributed by atoms with Crippen LogP contribution >= 0.6 is 0 Å². The third-order valence-corrected chi connectivity index (χ3v) is 3.74. The summed E-state index contributed by atoms with van der Waals surface area (Å²) in [6.45, 7) is 2.81. The van der Waals surface area contributed by atoms with E-state index in [0.717, 1.165) is 41.2 Å². The second kappa shape index (κ2) is 8.64. The first-order valence-corrected chi connectivity index (χ1v) is 8.02. The Hall–Kier alpha value is -2.93. The molecule has 24 heavy (non-hydrogen) atoms. The van der Waals surface area contributed by atoms with Gasteiger partial charge in [-0.1, -0.05) is 18.2 Å². The van der Waals surface area contributed by atoms with Crippen molar-refractivity contribution in [2.24, 2.45) is 0 Å². The Morgan fingerprint density at radius 1 is 1.29 bits per heavy atom. The highest BCUT2D eigenvalue weighted by atomic mass is 16.5. The molecule has 0 bridgehead atoms. The molecule has 0 amide bonds. The second-order valence-electron chi connectivity index (χ2n) is 5.29. The predicted octanol–water partition coefficient (Wildman–Crippen LogP) is 3.99. The van der Waals surface area contributed by atoms with E-state index in [1.807, 2.05) is 56.5 Å². The van der Waals surface area contributed by atoms with E-state index in [2.05, 4.69) is 22.8 Å². The lowest BCUT2D eigenvalue weighted by Crippen LogP contribution is -2.15.